The Labute approximate surface area is 146 Å². The fourth-order valence-corrected chi connectivity index (χ4v) is 4.03. The smallest absolute Gasteiger partial charge is 0.301 e. The van der Waals surface area contributed by atoms with Crippen LogP contribution in [0.3, 0.4) is 0 Å². The Hall–Kier alpha value is -2.38. The molecule has 0 spiro atoms. The van der Waals surface area contributed by atoms with E-state index in [1.54, 1.807) is 0 Å². The number of H-pyrrole nitrogens is 2. The summed E-state index contributed by atoms with van der Waals surface area (Å²) in [5.41, 5.74) is 4.19. The normalized spacial score (nSPS) is 11.2. The van der Waals surface area contributed by atoms with Crippen molar-refractivity contribution in [1.82, 2.24) is 9.97 Å². The summed E-state index contributed by atoms with van der Waals surface area (Å²) in [6.45, 7) is 2.05. The Morgan fingerprint density at radius 2 is 2.21 bits per heavy atom. The molecule has 2 heterocycles. The molecule has 2 aromatic heterocycles. The number of aromatic nitrogens is 3. The number of hydrogen-bond acceptors (Lipinski definition) is 4. The van der Waals surface area contributed by atoms with Gasteiger partial charge in [-0.3, -0.25) is 4.79 Å². The lowest BCUT2D eigenvalue weighted by Gasteiger charge is -1.97. The Morgan fingerprint density at radius 3 is 3.08 bits per heavy atom. The molecule has 5 nitrogen and oxygen atoms in total. The molecule has 0 aliphatic rings. The lowest BCUT2D eigenvalue weighted by molar-refractivity contribution is -0.396. The molecule has 2 aromatic carbocycles. The number of carbonyl (C=O) groups is 1. The molecule has 120 valence electrons. The molecule has 0 aliphatic carbocycles. The van der Waals surface area contributed by atoms with Gasteiger partial charge in [0.25, 0.3) is 0 Å². The number of anilines is 1. The maximum atomic E-state index is 12.1. The monoisotopic (exact) mass is 355 g/mol. The van der Waals surface area contributed by atoms with Crippen LogP contribution >= 0.6 is 23.1 Å². The molecule has 0 saturated heterocycles. The highest BCUT2D eigenvalue weighted by molar-refractivity contribution is 7.99. The Bertz CT molecular complexity index is 1000. The van der Waals surface area contributed by atoms with Crippen LogP contribution in [-0.4, -0.2) is 21.6 Å². The van der Waals surface area contributed by atoms with E-state index >= 15 is 0 Å². The first-order valence-corrected chi connectivity index (χ1v) is 9.27. The second kappa shape index (κ2) is 6.26. The number of nitrogens with one attached hydrogen (secondary N) is 3. The first-order valence-electron chi connectivity index (χ1n) is 7.47. The van der Waals surface area contributed by atoms with Crippen LogP contribution in [0, 0.1) is 6.92 Å². The Balaban J connectivity index is 1.41. The number of hydrogen-bond donors (Lipinski definition) is 2. The van der Waals surface area contributed by atoms with Crippen molar-refractivity contribution in [3.05, 3.63) is 48.0 Å². The summed E-state index contributed by atoms with van der Waals surface area (Å²) in [5, 5.41) is 4.37. The molecule has 3 N–H and O–H groups in total. The van der Waals surface area contributed by atoms with Crippen LogP contribution in [0.15, 0.2) is 47.6 Å². The molecular weight excluding hydrogens is 340 g/mol. The van der Waals surface area contributed by atoms with Crippen molar-refractivity contribution in [3.8, 4) is 0 Å². The predicted octanol–water partition coefficient (Wildman–Crippen LogP) is 3.63. The lowest BCUT2D eigenvalue weighted by atomic mass is 10.2. The van der Waals surface area contributed by atoms with Gasteiger partial charge < -0.3 is 5.32 Å². The van der Waals surface area contributed by atoms with Crippen LogP contribution < -0.4 is 10.3 Å². The fraction of sp³-hybridized carbons (Fsp3) is 0.118. The number of nitrogens with zero attached hydrogens (tertiary/aromatic N) is 1. The molecule has 4 rings (SSSR count). The predicted molar refractivity (Wildman–Crippen MR) is 98.6 cm³/mol. The molecule has 0 radical (unpaired) electrons. The maximum absolute atomic E-state index is 12.1. The van der Waals surface area contributed by atoms with E-state index in [9.17, 15) is 4.79 Å². The summed E-state index contributed by atoms with van der Waals surface area (Å²) < 4.78 is 1.07. The topological polar surface area (TPSA) is 71.9 Å². The second-order valence-corrected chi connectivity index (χ2v) is 7.47. The third-order valence-electron chi connectivity index (χ3n) is 3.56. The van der Waals surface area contributed by atoms with E-state index in [-0.39, 0.29) is 5.91 Å². The van der Waals surface area contributed by atoms with Gasteiger partial charge in [-0.25, -0.2) is 15.0 Å². The van der Waals surface area contributed by atoms with E-state index < -0.39 is 0 Å². The van der Waals surface area contributed by atoms with Crippen LogP contribution in [0.5, 0.6) is 0 Å². The van der Waals surface area contributed by atoms with Crippen molar-refractivity contribution in [2.24, 2.45) is 0 Å². The van der Waals surface area contributed by atoms with Crippen molar-refractivity contribution in [2.75, 3.05) is 11.1 Å². The van der Waals surface area contributed by atoms with Crippen molar-refractivity contribution in [3.63, 3.8) is 0 Å². The summed E-state index contributed by atoms with van der Waals surface area (Å²) in [5.74, 6) is 0.250. The van der Waals surface area contributed by atoms with Gasteiger partial charge >= 0.3 is 5.16 Å². The van der Waals surface area contributed by atoms with Gasteiger partial charge in [0.1, 0.15) is 0 Å². The summed E-state index contributed by atoms with van der Waals surface area (Å²) in [6, 6.07) is 14.0. The highest BCUT2D eigenvalue weighted by Crippen LogP contribution is 2.25. The quantitative estimate of drug-likeness (QED) is 0.549. The van der Waals surface area contributed by atoms with E-state index in [1.807, 2.05) is 30.3 Å². The van der Waals surface area contributed by atoms with Crippen LogP contribution in [0.25, 0.3) is 21.3 Å². The van der Waals surface area contributed by atoms with E-state index in [0.29, 0.717) is 10.9 Å². The second-order valence-electron chi connectivity index (χ2n) is 5.45. The molecule has 1 amide bonds. The molecular formula is C17H15N4OS2+. The minimum Gasteiger partial charge on any atom is -0.301 e. The number of aromatic amines is 2. The van der Waals surface area contributed by atoms with Crippen LogP contribution in [0.1, 0.15) is 5.56 Å². The minimum absolute atomic E-state index is 0.0673. The van der Waals surface area contributed by atoms with Gasteiger partial charge in [0, 0.05) is 0 Å². The summed E-state index contributed by atoms with van der Waals surface area (Å²) in [7, 11) is 0. The van der Waals surface area contributed by atoms with Crippen molar-refractivity contribution < 1.29 is 9.78 Å². The van der Waals surface area contributed by atoms with Gasteiger partial charge in [-0.1, -0.05) is 29.5 Å². The number of aryl methyl sites for hydroxylation is 1. The number of thioether (sulfide) groups is 1. The number of carbonyl (C=O) groups excluding carboxylic acids is 1. The van der Waals surface area contributed by atoms with Gasteiger partial charge in [0.2, 0.25) is 5.91 Å². The van der Waals surface area contributed by atoms with Gasteiger partial charge in [0.15, 0.2) is 16.2 Å². The van der Waals surface area contributed by atoms with Gasteiger partial charge in [-0.05, 0) is 48.5 Å². The van der Waals surface area contributed by atoms with E-state index in [1.165, 1.54) is 28.7 Å². The minimum atomic E-state index is -0.0673. The van der Waals surface area contributed by atoms with Crippen LogP contribution in [-0.2, 0) is 4.79 Å². The number of rotatable bonds is 4. The van der Waals surface area contributed by atoms with E-state index in [2.05, 4.69) is 39.3 Å². The molecule has 4 aromatic rings. The number of benzene rings is 2. The zero-order valence-electron chi connectivity index (χ0n) is 12.9. The third kappa shape index (κ3) is 3.13. The van der Waals surface area contributed by atoms with Crippen LogP contribution in [0.4, 0.5) is 5.13 Å². The first-order chi connectivity index (χ1) is 11.7. The average Bonchev–Trinajstić information content (AvgIpc) is 3.15. The Morgan fingerprint density at radius 1 is 1.33 bits per heavy atom. The Kier molecular flexibility index (Phi) is 3.95. The summed E-state index contributed by atoms with van der Waals surface area (Å²) >= 11 is 2.92. The van der Waals surface area contributed by atoms with E-state index in [0.717, 1.165) is 26.4 Å². The number of para-hydroxylation sites is 1. The fourth-order valence-electron chi connectivity index (χ4n) is 2.44. The zero-order valence-corrected chi connectivity index (χ0v) is 14.6. The molecule has 24 heavy (non-hydrogen) atoms. The van der Waals surface area contributed by atoms with Crippen molar-refractivity contribution in [1.29, 1.82) is 0 Å². The van der Waals surface area contributed by atoms with Gasteiger partial charge in [-0.2, -0.15) is 0 Å². The molecule has 0 bridgehead atoms. The standard InChI is InChI=1S/C17H14N4OS2/c1-10-6-7-11-13(8-10)20-16(18-11)23-9-15(22)21-17-19-12-4-2-3-5-14(12)24-17/h2-8H,9H2,1H3,(H,18,20)(H,19,21,22)/p+1. The zero-order chi connectivity index (χ0) is 16.5. The highest BCUT2D eigenvalue weighted by Gasteiger charge is 2.14. The van der Waals surface area contributed by atoms with Crippen molar-refractivity contribution >= 4 is 55.4 Å². The van der Waals surface area contributed by atoms with Crippen LogP contribution in [0.2, 0.25) is 0 Å². The molecule has 7 heteroatoms. The molecule has 0 aliphatic heterocycles. The number of fused-ring (bicyclic) bond motifs is 2. The largest absolute Gasteiger partial charge is 0.315 e. The molecule has 0 fully saturated rings. The SMILES string of the molecule is Cc1ccc2[nH+]c(SCC(=O)Nc3nc4ccccc4s3)[nH]c2c1. The number of amides is 1. The van der Waals surface area contributed by atoms with E-state index in [4.69, 9.17) is 0 Å². The summed E-state index contributed by atoms with van der Waals surface area (Å²) in [6.07, 6.45) is 0. The highest BCUT2D eigenvalue weighted by atomic mass is 32.2. The van der Waals surface area contributed by atoms with Gasteiger partial charge in [-0.15, -0.1) is 0 Å². The molecule has 0 saturated carbocycles. The molecule has 0 unspecified atom stereocenters. The number of thiazole rings is 1. The molecule has 0 atom stereocenters. The van der Waals surface area contributed by atoms with Gasteiger partial charge in [0.05, 0.1) is 16.0 Å². The first kappa shape index (κ1) is 15.2. The third-order valence-corrected chi connectivity index (χ3v) is 5.41. The average molecular weight is 355 g/mol. The van der Waals surface area contributed by atoms with Crippen molar-refractivity contribution in [2.45, 2.75) is 12.1 Å². The number of imidazole rings is 1. The lowest BCUT2D eigenvalue weighted by Crippen LogP contribution is -2.15. The maximum Gasteiger partial charge on any atom is 0.315 e. The summed E-state index contributed by atoms with van der Waals surface area (Å²) in [4.78, 5) is 23.1.